The van der Waals surface area contributed by atoms with Crippen molar-refractivity contribution in [3.05, 3.63) is 34.9 Å². The number of hydrogen-bond acceptors (Lipinski definition) is 1. The van der Waals surface area contributed by atoms with Crippen molar-refractivity contribution in [2.75, 3.05) is 0 Å². The molecule has 2 atom stereocenters. The van der Waals surface area contributed by atoms with E-state index in [1.54, 1.807) is 0 Å². The highest BCUT2D eigenvalue weighted by atomic mass is 16.1. The molecule has 1 saturated carbocycles. The molecular weight excluding hydrogens is 220 g/mol. The molecule has 0 saturated heterocycles. The Bertz CT molecular complexity index is 461. The first-order chi connectivity index (χ1) is 8.72. The monoisotopic (exact) mass is 242 g/mol. The van der Waals surface area contributed by atoms with E-state index in [0.29, 0.717) is 5.78 Å². The van der Waals surface area contributed by atoms with Crippen LogP contribution in [0.4, 0.5) is 0 Å². The lowest BCUT2D eigenvalue weighted by atomic mass is 9.78. The Morgan fingerprint density at radius 1 is 1.17 bits per heavy atom. The zero-order valence-corrected chi connectivity index (χ0v) is 11.2. The average molecular weight is 242 g/mol. The maximum absolute atomic E-state index is 12.0. The van der Waals surface area contributed by atoms with Gasteiger partial charge in [-0.1, -0.05) is 25.1 Å². The van der Waals surface area contributed by atoms with Crippen LogP contribution in [0, 0.1) is 11.8 Å². The van der Waals surface area contributed by atoms with Crippen LogP contribution in [0.1, 0.15) is 49.3 Å². The predicted molar refractivity (Wildman–Crippen MR) is 73.7 cm³/mol. The lowest BCUT2D eigenvalue weighted by Crippen LogP contribution is -2.25. The minimum absolute atomic E-state index is 0.285. The Kier molecular flexibility index (Phi) is 3.23. The smallest absolute Gasteiger partial charge is 0.136 e. The first-order valence-corrected chi connectivity index (χ1v) is 7.36. The molecule has 1 heteroatoms. The lowest BCUT2D eigenvalue weighted by molar-refractivity contribution is -0.125. The third-order valence-electron chi connectivity index (χ3n) is 4.67. The second kappa shape index (κ2) is 4.87. The molecule has 0 aromatic heterocycles. The summed E-state index contributed by atoms with van der Waals surface area (Å²) < 4.78 is 0. The predicted octanol–water partition coefficient (Wildman–Crippen LogP) is 3.72. The van der Waals surface area contributed by atoms with E-state index in [4.69, 9.17) is 0 Å². The van der Waals surface area contributed by atoms with Gasteiger partial charge in [-0.15, -0.1) is 0 Å². The number of benzene rings is 1. The van der Waals surface area contributed by atoms with Crippen LogP contribution in [0.25, 0.3) is 0 Å². The normalized spacial score (nSPS) is 27.3. The molecule has 0 bridgehead atoms. The zero-order valence-electron chi connectivity index (χ0n) is 11.2. The highest BCUT2D eigenvalue weighted by molar-refractivity contribution is 5.82. The van der Waals surface area contributed by atoms with Gasteiger partial charge < -0.3 is 0 Å². The summed E-state index contributed by atoms with van der Waals surface area (Å²) in [5.74, 6) is 1.50. The van der Waals surface area contributed by atoms with E-state index < -0.39 is 0 Å². The van der Waals surface area contributed by atoms with E-state index in [0.717, 1.165) is 31.6 Å². The number of rotatable bonds is 2. The number of aryl methyl sites for hydroxylation is 2. The highest BCUT2D eigenvalue weighted by Gasteiger charge is 2.26. The molecule has 0 spiro atoms. The van der Waals surface area contributed by atoms with Crippen molar-refractivity contribution in [2.24, 2.45) is 11.8 Å². The van der Waals surface area contributed by atoms with Gasteiger partial charge in [0.1, 0.15) is 5.78 Å². The summed E-state index contributed by atoms with van der Waals surface area (Å²) in [6.07, 6.45) is 7.74. The molecule has 0 radical (unpaired) electrons. The Hall–Kier alpha value is -1.11. The largest absolute Gasteiger partial charge is 0.299 e. The average Bonchev–Trinajstić information content (AvgIpc) is 2.81. The number of Topliss-reactive ketones (excluding diaryl/α,β-unsaturated/α-hetero) is 1. The Morgan fingerprint density at radius 2 is 2.00 bits per heavy atom. The van der Waals surface area contributed by atoms with Gasteiger partial charge in [-0.3, -0.25) is 4.79 Å². The summed E-state index contributed by atoms with van der Waals surface area (Å²) >= 11 is 0. The molecule has 0 N–H and O–H groups in total. The number of hydrogen-bond donors (Lipinski definition) is 0. The summed E-state index contributed by atoms with van der Waals surface area (Å²) in [7, 11) is 0. The van der Waals surface area contributed by atoms with Crippen molar-refractivity contribution in [1.29, 1.82) is 0 Å². The van der Waals surface area contributed by atoms with Crippen molar-refractivity contribution in [3.8, 4) is 0 Å². The molecule has 1 nitrogen and oxygen atoms in total. The molecule has 1 fully saturated rings. The molecule has 2 aliphatic carbocycles. The minimum Gasteiger partial charge on any atom is -0.299 e. The molecule has 2 aliphatic rings. The molecule has 1 aromatic rings. The van der Waals surface area contributed by atoms with Crippen LogP contribution in [0.15, 0.2) is 18.2 Å². The van der Waals surface area contributed by atoms with E-state index >= 15 is 0 Å². The van der Waals surface area contributed by atoms with Gasteiger partial charge in [0.15, 0.2) is 0 Å². The van der Waals surface area contributed by atoms with Crippen molar-refractivity contribution in [3.63, 3.8) is 0 Å². The molecule has 1 aromatic carbocycles. The van der Waals surface area contributed by atoms with Crippen LogP contribution in [0.2, 0.25) is 0 Å². The highest BCUT2D eigenvalue weighted by Crippen LogP contribution is 2.30. The van der Waals surface area contributed by atoms with Crippen molar-refractivity contribution < 1.29 is 4.79 Å². The lowest BCUT2D eigenvalue weighted by Gasteiger charge is -2.25. The molecule has 2 unspecified atom stereocenters. The van der Waals surface area contributed by atoms with Gasteiger partial charge in [-0.2, -0.15) is 0 Å². The molecule has 0 amide bonds. The van der Waals surface area contributed by atoms with Gasteiger partial charge in [0.2, 0.25) is 0 Å². The van der Waals surface area contributed by atoms with Crippen molar-refractivity contribution in [2.45, 2.75) is 51.9 Å². The number of carbonyl (C=O) groups is 1. The van der Waals surface area contributed by atoms with Crippen molar-refractivity contribution >= 4 is 5.78 Å². The van der Waals surface area contributed by atoms with E-state index in [9.17, 15) is 4.79 Å². The quantitative estimate of drug-likeness (QED) is 0.772. The van der Waals surface area contributed by atoms with Gasteiger partial charge in [0.05, 0.1) is 0 Å². The summed E-state index contributed by atoms with van der Waals surface area (Å²) in [5.41, 5.74) is 4.44. The molecule has 0 heterocycles. The maximum atomic E-state index is 12.0. The second-order valence-corrected chi connectivity index (χ2v) is 6.20. The van der Waals surface area contributed by atoms with Gasteiger partial charge >= 0.3 is 0 Å². The Labute approximate surface area is 110 Å². The minimum atomic E-state index is 0.285. The third-order valence-corrected chi connectivity index (χ3v) is 4.67. The fourth-order valence-electron chi connectivity index (χ4n) is 3.56. The summed E-state index contributed by atoms with van der Waals surface area (Å²) in [5, 5.41) is 0. The number of fused-ring (bicyclic) bond motifs is 1. The van der Waals surface area contributed by atoms with Gasteiger partial charge in [-0.05, 0) is 61.1 Å². The summed E-state index contributed by atoms with van der Waals surface area (Å²) in [6, 6.07) is 6.89. The first kappa shape index (κ1) is 12.0. The zero-order chi connectivity index (χ0) is 12.5. The van der Waals surface area contributed by atoms with E-state index in [1.165, 1.54) is 36.0 Å². The maximum Gasteiger partial charge on any atom is 0.136 e. The standard InChI is InChI=1S/C17H22O/c1-12-5-8-17(18)16(9-12)11-13-6-7-14-3-2-4-15(14)10-13/h6-7,10,12,16H,2-5,8-9,11H2,1H3. The Balaban J connectivity index is 1.74. The Morgan fingerprint density at radius 3 is 2.89 bits per heavy atom. The van der Waals surface area contributed by atoms with Crippen LogP contribution in [-0.4, -0.2) is 5.78 Å². The number of ketones is 1. The first-order valence-electron chi connectivity index (χ1n) is 7.36. The van der Waals surface area contributed by atoms with Gasteiger partial charge in [0.25, 0.3) is 0 Å². The van der Waals surface area contributed by atoms with Crippen LogP contribution in [0.3, 0.4) is 0 Å². The number of carbonyl (C=O) groups excluding carboxylic acids is 1. The van der Waals surface area contributed by atoms with Crippen LogP contribution >= 0.6 is 0 Å². The fourth-order valence-corrected chi connectivity index (χ4v) is 3.56. The van der Waals surface area contributed by atoms with Crippen LogP contribution < -0.4 is 0 Å². The molecule has 3 rings (SSSR count). The SMILES string of the molecule is CC1CCC(=O)C(Cc2ccc3c(c2)CCC3)C1. The summed E-state index contributed by atoms with van der Waals surface area (Å²) in [6.45, 7) is 2.28. The van der Waals surface area contributed by atoms with Crippen molar-refractivity contribution in [1.82, 2.24) is 0 Å². The molecule has 0 aliphatic heterocycles. The summed E-state index contributed by atoms with van der Waals surface area (Å²) in [4.78, 5) is 12.0. The van der Waals surface area contributed by atoms with E-state index in [1.807, 2.05) is 0 Å². The van der Waals surface area contributed by atoms with Crippen LogP contribution in [0.5, 0.6) is 0 Å². The molecular formula is C17H22O. The third kappa shape index (κ3) is 2.36. The second-order valence-electron chi connectivity index (χ2n) is 6.20. The van der Waals surface area contributed by atoms with Gasteiger partial charge in [0, 0.05) is 12.3 Å². The van der Waals surface area contributed by atoms with Gasteiger partial charge in [-0.25, -0.2) is 0 Å². The molecule has 96 valence electrons. The molecule has 18 heavy (non-hydrogen) atoms. The van der Waals surface area contributed by atoms with Crippen LogP contribution in [-0.2, 0) is 24.1 Å². The van der Waals surface area contributed by atoms with E-state index in [-0.39, 0.29) is 5.92 Å². The fraction of sp³-hybridized carbons (Fsp3) is 0.588. The van der Waals surface area contributed by atoms with E-state index in [2.05, 4.69) is 25.1 Å². The topological polar surface area (TPSA) is 17.1 Å².